The molecule has 0 bridgehead atoms. The van der Waals surface area contributed by atoms with Gasteiger partial charge in [-0.15, -0.1) is 0 Å². The van der Waals surface area contributed by atoms with Gasteiger partial charge in [0, 0.05) is 6.61 Å². The molecule has 0 heterocycles. The van der Waals surface area contributed by atoms with Crippen molar-refractivity contribution in [3.63, 3.8) is 0 Å². The summed E-state index contributed by atoms with van der Waals surface area (Å²) >= 11 is 0. The number of ketones is 1. The van der Waals surface area contributed by atoms with E-state index >= 15 is 0 Å². The Hall–Kier alpha value is -1.95. The molecule has 0 aromatic heterocycles. The topological polar surface area (TPSA) is 78.7 Å². The van der Waals surface area contributed by atoms with Crippen molar-refractivity contribution in [3.8, 4) is 5.75 Å². The Kier molecular flexibility index (Phi) is 6.66. The van der Waals surface area contributed by atoms with Crippen LogP contribution in [0.3, 0.4) is 0 Å². The van der Waals surface area contributed by atoms with Crippen LogP contribution < -0.4 is 4.74 Å². The summed E-state index contributed by atoms with van der Waals surface area (Å²) in [5, 5.41) is 10.9. The number of rotatable bonds is 9. The smallest absolute Gasteiger partial charge is 0.283 e. The molecule has 20 heavy (non-hydrogen) atoms. The number of carbonyl (C=O) groups excluding carboxylic acids is 1. The van der Waals surface area contributed by atoms with Crippen LogP contribution in [0.5, 0.6) is 5.75 Å². The van der Waals surface area contributed by atoms with Crippen LogP contribution in [-0.4, -0.2) is 30.5 Å². The fraction of sp³-hybridized carbons (Fsp3) is 0.500. The summed E-state index contributed by atoms with van der Waals surface area (Å²) in [4.78, 5) is 21.6. The number of unbranched alkanes of at least 4 members (excludes halogenated alkanes) is 1. The van der Waals surface area contributed by atoms with Crippen LogP contribution >= 0.6 is 0 Å². The third kappa shape index (κ3) is 4.97. The van der Waals surface area contributed by atoms with Gasteiger partial charge in [-0.25, -0.2) is 0 Å². The Morgan fingerprint density at radius 1 is 1.30 bits per heavy atom. The summed E-state index contributed by atoms with van der Waals surface area (Å²) < 4.78 is 10.7. The number of carbonyl (C=O) groups is 1. The first kappa shape index (κ1) is 16.1. The van der Waals surface area contributed by atoms with Gasteiger partial charge in [-0.1, -0.05) is 13.3 Å². The van der Waals surface area contributed by atoms with E-state index in [2.05, 4.69) is 6.92 Å². The summed E-state index contributed by atoms with van der Waals surface area (Å²) in [5.41, 5.74) is -0.150. The minimum absolute atomic E-state index is 0.0848. The van der Waals surface area contributed by atoms with Crippen LogP contribution in [0, 0.1) is 10.1 Å². The average molecular weight is 281 g/mol. The van der Waals surface area contributed by atoms with Crippen molar-refractivity contribution in [1.29, 1.82) is 0 Å². The molecule has 0 aliphatic rings. The van der Waals surface area contributed by atoms with Crippen LogP contribution in [0.25, 0.3) is 0 Å². The fourth-order valence-corrected chi connectivity index (χ4v) is 1.62. The lowest BCUT2D eigenvalue weighted by Crippen LogP contribution is -2.08. The first-order valence-electron chi connectivity index (χ1n) is 6.56. The minimum Gasteiger partial charge on any atom is -0.491 e. The maximum Gasteiger partial charge on any atom is 0.283 e. The molecule has 0 aliphatic heterocycles. The second-order valence-electron chi connectivity index (χ2n) is 4.31. The molecule has 1 rings (SSSR count). The number of nitro groups is 1. The lowest BCUT2D eigenvalue weighted by Gasteiger charge is -2.07. The molecule has 0 spiro atoms. The van der Waals surface area contributed by atoms with Crippen molar-refractivity contribution in [1.82, 2.24) is 0 Å². The Morgan fingerprint density at radius 2 is 2.05 bits per heavy atom. The zero-order chi connectivity index (χ0) is 15.0. The number of nitrogens with zero attached hydrogens (tertiary/aromatic N) is 1. The lowest BCUT2D eigenvalue weighted by atomic mass is 10.1. The number of ether oxygens (including phenoxy) is 2. The summed E-state index contributed by atoms with van der Waals surface area (Å²) in [6.45, 7) is 4.81. The number of Topliss-reactive ketones (excluding diaryl/α,β-unsaturated/α-hetero) is 1. The molecule has 6 heteroatoms. The van der Waals surface area contributed by atoms with Gasteiger partial charge in [0.15, 0.2) is 5.78 Å². The Labute approximate surface area is 117 Å². The maximum atomic E-state index is 11.3. The molecule has 0 aliphatic carbocycles. The van der Waals surface area contributed by atoms with Crippen molar-refractivity contribution in [2.75, 3.05) is 19.8 Å². The molecule has 1 aromatic rings. The summed E-state index contributed by atoms with van der Waals surface area (Å²) in [6.07, 6.45) is 2.07. The standard InChI is InChI=1S/C14H19NO5/c1-3-4-7-19-8-9-20-12-5-6-13(11(2)16)14(10-12)15(17)18/h5-6,10H,3-4,7-9H2,1-2H3. The molecular weight excluding hydrogens is 262 g/mol. The van der Waals surface area contributed by atoms with E-state index in [0.717, 1.165) is 12.8 Å². The Morgan fingerprint density at radius 3 is 2.65 bits per heavy atom. The molecule has 0 saturated heterocycles. The fourth-order valence-electron chi connectivity index (χ4n) is 1.62. The highest BCUT2D eigenvalue weighted by Gasteiger charge is 2.18. The molecule has 0 unspecified atom stereocenters. The van der Waals surface area contributed by atoms with Crippen LogP contribution in [0.4, 0.5) is 5.69 Å². The third-order valence-electron chi connectivity index (χ3n) is 2.68. The predicted octanol–water partition coefficient (Wildman–Crippen LogP) is 2.99. The van der Waals surface area contributed by atoms with E-state index < -0.39 is 4.92 Å². The lowest BCUT2D eigenvalue weighted by molar-refractivity contribution is -0.385. The molecule has 0 radical (unpaired) electrons. The second-order valence-corrected chi connectivity index (χ2v) is 4.31. The zero-order valence-electron chi connectivity index (χ0n) is 11.8. The predicted molar refractivity (Wildman–Crippen MR) is 74.3 cm³/mol. The van der Waals surface area contributed by atoms with Crippen molar-refractivity contribution < 1.29 is 19.2 Å². The molecule has 0 atom stereocenters. The quantitative estimate of drug-likeness (QED) is 0.301. The molecule has 6 nitrogen and oxygen atoms in total. The van der Waals surface area contributed by atoms with Crippen molar-refractivity contribution in [2.45, 2.75) is 26.7 Å². The van der Waals surface area contributed by atoms with Crippen LogP contribution in [0.1, 0.15) is 37.0 Å². The first-order valence-corrected chi connectivity index (χ1v) is 6.56. The van der Waals surface area contributed by atoms with E-state index in [1.54, 1.807) is 6.07 Å². The monoisotopic (exact) mass is 281 g/mol. The van der Waals surface area contributed by atoms with Gasteiger partial charge in [-0.05, 0) is 25.5 Å². The van der Waals surface area contributed by atoms with Gasteiger partial charge in [-0.2, -0.15) is 0 Å². The van der Waals surface area contributed by atoms with E-state index in [4.69, 9.17) is 9.47 Å². The van der Waals surface area contributed by atoms with Crippen molar-refractivity contribution in [3.05, 3.63) is 33.9 Å². The maximum absolute atomic E-state index is 11.3. The van der Waals surface area contributed by atoms with E-state index in [0.29, 0.717) is 25.6 Å². The minimum atomic E-state index is -0.582. The summed E-state index contributed by atoms with van der Waals surface area (Å²) in [5.74, 6) is 0.0203. The molecule has 1 aromatic carbocycles. The average Bonchev–Trinajstić information content (AvgIpc) is 2.42. The van der Waals surface area contributed by atoms with Gasteiger partial charge in [0.1, 0.15) is 12.4 Å². The third-order valence-corrected chi connectivity index (χ3v) is 2.68. The highest BCUT2D eigenvalue weighted by atomic mass is 16.6. The number of hydrogen-bond acceptors (Lipinski definition) is 5. The molecular formula is C14H19NO5. The van der Waals surface area contributed by atoms with E-state index in [9.17, 15) is 14.9 Å². The van der Waals surface area contributed by atoms with Gasteiger partial charge in [0.25, 0.3) is 5.69 Å². The number of benzene rings is 1. The van der Waals surface area contributed by atoms with Crippen LogP contribution in [-0.2, 0) is 4.74 Å². The molecule has 0 saturated carbocycles. The Balaban J connectivity index is 2.57. The van der Waals surface area contributed by atoms with E-state index in [-0.39, 0.29) is 17.0 Å². The normalized spacial score (nSPS) is 10.3. The van der Waals surface area contributed by atoms with Gasteiger partial charge in [0.05, 0.1) is 23.2 Å². The molecule has 0 fully saturated rings. The van der Waals surface area contributed by atoms with Crippen LogP contribution in [0.2, 0.25) is 0 Å². The summed E-state index contributed by atoms with van der Waals surface area (Å²) in [7, 11) is 0. The molecule has 0 amide bonds. The number of nitro benzene ring substituents is 1. The highest BCUT2D eigenvalue weighted by molar-refractivity contribution is 5.98. The van der Waals surface area contributed by atoms with Crippen molar-refractivity contribution >= 4 is 11.5 Å². The van der Waals surface area contributed by atoms with E-state index in [1.165, 1.54) is 19.1 Å². The Bertz CT molecular complexity index is 473. The van der Waals surface area contributed by atoms with Crippen LogP contribution in [0.15, 0.2) is 18.2 Å². The molecule has 0 N–H and O–H groups in total. The second kappa shape index (κ2) is 8.27. The first-order chi connectivity index (χ1) is 9.56. The van der Waals surface area contributed by atoms with Gasteiger partial charge >= 0.3 is 0 Å². The van der Waals surface area contributed by atoms with Gasteiger partial charge in [-0.3, -0.25) is 14.9 Å². The largest absolute Gasteiger partial charge is 0.491 e. The SMILES string of the molecule is CCCCOCCOc1ccc(C(C)=O)c([N+](=O)[O-])c1. The zero-order valence-corrected chi connectivity index (χ0v) is 11.8. The van der Waals surface area contributed by atoms with Gasteiger partial charge < -0.3 is 9.47 Å². The van der Waals surface area contributed by atoms with Gasteiger partial charge in [0.2, 0.25) is 0 Å². The van der Waals surface area contributed by atoms with Crippen molar-refractivity contribution in [2.24, 2.45) is 0 Å². The number of hydrogen-bond donors (Lipinski definition) is 0. The molecule has 110 valence electrons. The highest BCUT2D eigenvalue weighted by Crippen LogP contribution is 2.25. The summed E-state index contributed by atoms with van der Waals surface area (Å²) in [6, 6.07) is 4.23. The van der Waals surface area contributed by atoms with E-state index in [1.807, 2.05) is 0 Å².